The van der Waals surface area contributed by atoms with E-state index in [9.17, 15) is 0 Å². The van der Waals surface area contributed by atoms with Crippen LogP contribution in [-0.4, -0.2) is 19.5 Å². The first-order valence-electron chi connectivity index (χ1n) is 25.0. The summed E-state index contributed by atoms with van der Waals surface area (Å²) in [6.07, 6.45) is 0. The molecule has 0 amide bonds. The van der Waals surface area contributed by atoms with Gasteiger partial charge in [-0.25, -0.2) is 15.0 Å². The van der Waals surface area contributed by atoms with Gasteiger partial charge >= 0.3 is 0 Å². The lowest BCUT2D eigenvalue weighted by Crippen LogP contribution is -2.00. The molecule has 0 N–H and O–H groups in total. The van der Waals surface area contributed by atoms with E-state index in [4.69, 9.17) is 19.4 Å². The van der Waals surface area contributed by atoms with Gasteiger partial charge in [0.2, 0.25) is 0 Å². The Bertz CT molecular complexity index is 4330. The highest BCUT2D eigenvalue weighted by Crippen LogP contribution is 2.41. The second-order valence-electron chi connectivity index (χ2n) is 18.8. The Morgan fingerprint density at radius 1 is 0.257 bits per heavy atom. The molecule has 5 nitrogen and oxygen atoms in total. The molecule has 74 heavy (non-hydrogen) atoms. The molecule has 0 spiro atoms. The molecule has 0 saturated heterocycles. The van der Waals surface area contributed by atoms with Crippen LogP contribution in [0.2, 0.25) is 0 Å². The monoisotopic (exact) mass is 944 g/mol. The lowest BCUT2D eigenvalue weighted by molar-refractivity contribution is 0.669. The van der Waals surface area contributed by atoms with Gasteiger partial charge in [-0.2, -0.15) is 0 Å². The number of aromatic nitrogens is 4. The molecule has 11 aromatic carbocycles. The zero-order valence-corrected chi connectivity index (χ0v) is 40.1. The summed E-state index contributed by atoms with van der Waals surface area (Å²) in [7, 11) is 0. The van der Waals surface area contributed by atoms with Crippen molar-refractivity contribution in [3.8, 4) is 95.5 Å². The standard InChI is InChI=1S/C69H44N4O/c1-5-17-45(18-6-1)48-31-35-57(36-32-48)73-62-29-14-13-27-58(62)60-43-51(33-37-63(60)73)52-34-38-64-61(44-52)66-59(28-16-30-65(66)74-64)69-71-67(49-23-11-4-12-24-49)70-68(72-69)53-26-15-25-50(39-53)56-41-54(46-19-7-2-8-20-46)40-55(42-56)47-21-9-3-10-22-47/h1-44H. The summed E-state index contributed by atoms with van der Waals surface area (Å²) in [4.78, 5) is 15.7. The van der Waals surface area contributed by atoms with Crippen molar-refractivity contribution in [2.45, 2.75) is 0 Å². The summed E-state index contributed by atoms with van der Waals surface area (Å²) in [5.41, 5.74) is 19.1. The summed E-state index contributed by atoms with van der Waals surface area (Å²) in [6.45, 7) is 0. The molecular formula is C69H44N4O. The molecule has 0 atom stereocenters. The number of furan rings is 1. The molecule has 0 aliphatic rings. The van der Waals surface area contributed by atoms with Crippen LogP contribution in [0.15, 0.2) is 271 Å². The lowest BCUT2D eigenvalue weighted by Gasteiger charge is -2.13. The first kappa shape index (κ1) is 42.9. The Labute approximate surface area is 428 Å². The highest BCUT2D eigenvalue weighted by molar-refractivity contribution is 6.14. The Balaban J connectivity index is 0.881. The maximum absolute atomic E-state index is 6.63. The third kappa shape index (κ3) is 7.72. The van der Waals surface area contributed by atoms with Gasteiger partial charge in [-0.15, -0.1) is 0 Å². The van der Waals surface area contributed by atoms with Gasteiger partial charge in [0.15, 0.2) is 17.5 Å². The second-order valence-corrected chi connectivity index (χ2v) is 18.8. The van der Waals surface area contributed by atoms with Gasteiger partial charge in [0.25, 0.3) is 0 Å². The Morgan fingerprint density at radius 2 is 0.703 bits per heavy atom. The van der Waals surface area contributed by atoms with E-state index in [1.54, 1.807) is 0 Å². The number of para-hydroxylation sites is 1. The maximum atomic E-state index is 6.63. The number of benzene rings is 11. The third-order valence-corrected chi connectivity index (χ3v) is 14.2. The van der Waals surface area contributed by atoms with Crippen LogP contribution in [0.1, 0.15) is 0 Å². The van der Waals surface area contributed by atoms with E-state index in [0.29, 0.717) is 17.5 Å². The molecule has 5 heteroatoms. The largest absolute Gasteiger partial charge is 0.456 e. The SMILES string of the molecule is c1ccc(-c2ccc(-n3c4ccccc4c4cc(-c5ccc6oc7cccc(-c8nc(-c9ccccc9)nc(-c9cccc(-c%10cc(-c%11ccccc%11)cc(-c%11ccccc%11)c%10)c9)n8)c7c6c5)ccc43)cc2)cc1. The van der Waals surface area contributed by atoms with Gasteiger partial charge in [-0.05, 0) is 128 Å². The van der Waals surface area contributed by atoms with Crippen molar-refractivity contribution in [3.63, 3.8) is 0 Å². The summed E-state index contributed by atoms with van der Waals surface area (Å²) in [5, 5.41) is 4.35. The fourth-order valence-electron chi connectivity index (χ4n) is 10.6. The van der Waals surface area contributed by atoms with Gasteiger partial charge in [0.1, 0.15) is 11.2 Å². The van der Waals surface area contributed by atoms with Crippen molar-refractivity contribution in [1.29, 1.82) is 0 Å². The highest BCUT2D eigenvalue weighted by atomic mass is 16.3. The van der Waals surface area contributed by atoms with Gasteiger partial charge in [0.05, 0.1) is 11.0 Å². The number of hydrogen-bond acceptors (Lipinski definition) is 4. The first-order chi connectivity index (χ1) is 36.6. The van der Waals surface area contributed by atoms with Crippen molar-refractivity contribution in [3.05, 3.63) is 267 Å². The van der Waals surface area contributed by atoms with Gasteiger partial charge in [0, 0.05) is 43.9 Å². The van der Waals surface area contributed by atoms with E-state index in [1.807, 2.05) is 30.3 Å². The van der Waals surface area contributed by atoms with E-state index in [-0.39, 0.29) is 0 Å². The average Bonchev–Trinajstić information content (AvgIpc) is 4.05. The zero-order valence-electron chi connectivity index (χ0n) is 40.1. The summed E-state index contributed by atoms with van der Waals surface area (Å²) in [5.74, 6) is 1.75. The number of nitrogens with zero attached hydrogens (tertiary/aromatic N) is 4. The number of hydrogen-bond donors (Lipinski definition) is 0. The molecule has 0 fully saturated rings. The first-order valence-corrected chi connectivity index (χ1v) is 25.0. The maximum Gasteiger partial charge on any atom is 0.164 e. The summed E-state index contributed by atoms with van der Waals surface area (Å²) >= 11 is 0. The second kappa shape index (κ2) is 18.0. The molecule has 0 bridgehead atoms. The van der Waals surface area contributed by atoms with Crippen LogP contribution in [0.3, 0.4) is 0 Å². The van der Waals surface area contributed by atoms with Gasteiger partial charge < -0.3 is 8.98 Å². The molecule has 0 radical (unpaired) electrons. The van der Waals surface area contributed by atoms with Crippen LogP contribution in [-0.2, 0) is 0 Å². The molecule has 14 rings (SSSR count). The molecule has 0 saturated carbocycles. The number of fused-ring (bicyclic) bond motifs is 6. The van der Waals surface area contributed by atoms with Crippen molar-refractivity contribution in [2.75, 3.05) is 0 Å². The van der Waals surface area contributed by atoms with Crippen LogP contribution in [0.5, 0.6) is 0 Å². The van der Waals surface area contributed by atoms with Crippen LogP contribution < -0.4 is 0 Å². The molecule has 3 aromatic heterocycles. The Kier molecular flexibility index (Phi) is 10.4. The van der Waals surface area contributed by atoms with Crippen LogP contribution in [0.25, 0.3) is 139 Å². The quantitative estimate of drug-likeness (QED) is 0.145. The van der Waals surface area contributed by atoms with E-state index < -0.39 is 0 Å². The minimum absolute atomic E-state index is 0.571. The van der Waals surface area contributed by atoms with Gasteiger partial charge in [-0.3, -0.25) is 0 Å². The fraction of sp³-hybridized carbons (Fsp3) is 0. The van der Waals surface area contributed by atoms with E-state index >= 15 is 0 Å². The molecular weight excluding hydrogens is 901 g/mol. The lowest BCUT2D eigenvalue weighted by atomic mass is 9.93. The topological polar surface area (TPSA) is 56.7 Å². The molecule has 0 aliphatic heterocycles. The predicted molar refractivity (Wildman–Crippen MR) is 305 cm³/mol. The van der Waals surface area contributed by atoms with Crippen molar-refractivity contribution >= 4 is 43.7 Å². The molecule has 0 aliphatic carbocycles. The smallest absolute Gasteiger partial charge is 0.164 e. The van der Waals surface area contributed by atoms with Crippen LogP contribution >= 0.6 is 0 Å². The van der Waals surface area contributed by atoms with Gasteiger partial charge in [-0.1, -0.05) is 194 Å². The Morgan fingerprint density at radius 3 is 1.38 bits per heavy atom. The van der Waals surface area contributed by atoms with E-state index in [1.165, 1.54) is 27.4 Å². The van der Waals surface area contributed by atoms with Crippen molar-refractivity contribution in [2.24, 2.45) is 0 Å². The molecule has 0 unspecified atom stereocenters. The summed E-state index contributed by atoms with van der Waals surface area (Å²) in [6, 6.07) is 94.2. The van der Waals surface area contributed by atoms with Crippen LogP contribution in [0, 0.1) is 0 Å². The zero-order chi connectivity index (χ0) is 49.0. The van der Waals surface area contributed by atoms with E-state index in [0.717, 1.165) is 94.3 Å². The van der Waals surface area contributed by atoms with E-state index in [2.05, 4.69) is 241 Å². The van der Waals surface area contributed by atoms with Crippen molar-refractivity contribution < 1.29 is 4.42 Å². The molecule has 3 heterocycles. The normalized spacial score (nSPS) is 11.5. The number of rotatable bonds is 9. The molecule has 14 aromatic rings. The Hall–Kier alpha value is -9.97. The summed E-state index contributed by atoms with van der Waals surface area (Å²) < 4.78 is 9.00. The highest BCUT2D eigenvalue weighted by Gasteiger charge is 2.20. The van der Waals surface area contributed by atoms with Crippen molar-refractivity contribution in [1.82, 2.24) is 19.5 Å². The minimum Gasteiger partial charge on any atom is -0.456 e. The third-order valence-electron chi connectivity index (χ3n) is 14.2. The minimum atomic E-state index is 0.571. The average molecular weight is 945 g/mol. The predicted octanol–water partition coefficient (Wildman–Crippen LogP) is 18.2. The molecule has 346 valence electrons. The fourth-order valence-corrected chi connectivity index (χ4v) is 10.6. The van der Waals surface area contributed by atoms with Crippen LogP contribution in [0.4, 0.5) is 0 Å².